The second-order valence-electron chi connectivity index (χ2n) is 4.42. The smallest absolute Gasteiger partial charge is 0.296 e. The largest absolute Gasteiger partial charge is 0.505 e. The molecule has 25 heavy (non-hydrogen) atoms. The highest BCUT2D eigenvalue weighted by atomic mass is 32.2. The van der Waals surface area contributed by atoms with Crippen LogP contribution in [0, 0.1) is 5.53 Å². The molecule has 0 fully saturated rings. The number of nitrogen functional groups attached to an aromatic ring is 1. The van der Waals surface area contributed by atoms with Crippen LogP contribution in [0.25, 0.3) is 10.8 Å². The standard InChI is InChI=1S/C11H11N5O7S2/c1-14-16-9-5(24-23-22-18)2-4-3-6(25(19,20)21)10(15-13)11(17)7(4)8(9)12/h2-3,13,17-18H,12H2,1H3,(H,19,20,21). The highest BCUT2D eigenvalue weighted by molar-refractivity contribution is 7.94. The summed E-state index contributed by atoms with van der Waals surface area (Å²) in [5.41, 5.74) is 12.2. The molecule has 6 N–H and O–H groups in total. The van der Waals surface area contributed by atoms with Crippen LogP contribution in [0.15, 0.2) is 37.3 Å². The number of hydrogen-bond acceptors (Lipinski definition) is 12. The van der Waals surface area contributed by atoms with Crippen LogP contribution in [0.3, 0.4) is 0 Å². The maximum Gasteiger partial charge on any atom is 0.296 e. The minimum atomic E-state index is -4.78. The molecule has 0 saturated carbocycles. The predicted molar refractivity (Wildman–Crippen MR) is 85.7 cm³/mol. The molecule has 2 aromatic rings. The van der Waals surface area contributed by atoms with Crippen molar-refractivity contribution in [3.8, 4) is 5.75 Å². The van der Waals surface area contributed by atoms with Gasteiger partial charge in [-0.1, -0.05) is 5.04 Å². The van der Waals surface area contributed by atoms with Gasteiger partial charge in [0.15, 0.2) is 5.75 Å². The summed E-state index contributed by atoms with van der Waals surface area (Å²) in [5.74, 6) is -0.735. The summed E-state index contributed by atoms with van der Waals surface area (Å²) in [5, 5.41) is 32.4. The van der Waals surface area contributed by atoms with E-state index in [1.807, 2.05) is 0 Å². The van der Waals surface area contributed by atoms with Gasteiger partial charge in [-0.2, -0.15) is 23.8 Å². The first kappa shape index (κ1) is 19.0. The Hall–Kier alpha value is -2.36. The molecule has 2 rings (SSSR count). The lowest BCUT2D eigenvalue weighted by Gasteiger charge is -2.13. The zero-order chi connectivity index (χ0) is 18.8. The van der Waals surface area contributed by atoms with Gasteiger partial charge in [0, 0.05) is 7.05 Å². The van der Waals surface area contributed by atoms with Crippen LogP contribution in [-0.2, 0) is 19.5 Å². The van der Waals surface area contributed by atoms with Crippen LogP contribution in [0.5, 0.6) is 5.75 Å². The summed E-state index contributed by atoms with van der Waals surface area (Å²) < 4.78 is 36.5. The number of hydrogen-bond donors (Lipinski definition) is 5. The van der Waals surface area contributed by atoms with E-state index in [0.29, 0.717) is 12.0 Å². The molecule has 0 atom stereocenters. The summed E-state index contributed by atoms with van der Waals surface area (Å²) in [6, 6.07) is 2.26. The molecule has 14 heteroatoms. The van der Waals surface area contributed by atoms with Crippen molar-refractivity contribution in [3.63, 3.8) is 0 Å². The number of nitrogens with one attached hydrogen (secondary N) is 1. The van der Waals surface area contributed by atoms with Gasteiger partial charge in [-0.3, -0.25) is 4.55 Å². The van der Waals surface area contributed by atoms with Crippen LogP contribution >= 0.6 is 12.0 Å². The average Bonchev–Trinajstić information content (AvgIpc) is 2.54. The van der Waals surface area contributed by atoms with Gasteiger partial charge in [0.1, 0.15) is 16.3 Å². The number of benzene rings is 2. The monoisotopic (exact) mass is 389 g/mol. The third-order valence-corrected chi connectivity index (χ3v) is 4.54. The number of aromatic hydroxyl groups is 1. The highest BCUT2D eigenvalue weighted by Crippen LogP contribution is 2.48. The Morgan fingerprint density at radius 1 is 1.32 bits per heavy atom. The molecule has 0 radical (unpaired) electrons. The van der Waals surface area contributed by atoms with Crippen molar-refractivity contribution in [2.24, 2.45) is 15.3 Å². The number of azo groups is 1. The highest BCUT2D eigenvalue weighted by Gasteiger charge is 2.25. The molecule has 0 aliphatic carbocycles. The van der Waals surface area contributed by atoms with E-state index in [1.165, 1.54) is 13.1 Å². The minimum Gasteiger partial charge on any atom is -0.505 e. The Balaban J connectivity index is 2.97. The number of phenols is 1. The molecular weight excluding hydrogens is 378 g/mol. The van der Waals surface area contributed by atoms with Crippen molar-refractivity contribution in [1.29, 1.82) is 5.53 Å². The normalized spacial score (nSPS) is 12.1. The Labute approximate surface area is 144 Å². The van der Waals surface area contributed by atoms with E-state index in [0.717, 1.165) is 6.07 Å². The zero-order valence-corrected chi connectivity index (χ0v) is 14.0. The minimum absolute atomic E-state index is 0.0305. The average molecular weight is 389 g/mol. The molecule has 0 aromatic heterocycles. The second kappa shape index (κ2) is 7.26. The van der Waals surface area contributed by atoms with Gasteiger partial charge in [0.2, 0.25) is 0 Å². The van der Waals surface area contributed by atoms with E-state index in [2.05, 4.69) is 24.7 Å². The molecule has 0 aliphatic rings. The Morgan fingerprint density at radius 3 is 2.52 bits per heavy atom. The number of phenolic OH excluding ortho intramolecular Hbond substituents is 1. The number of fused-ring (bicyclic) bond motifs is 1. The van der Waals surface area contributed by atoms with E-state index >= 15 is 0 Å². The quantitative estimate of drug-likeness (QED) is 0.123. The van der Waals surface area contributed by atoms with Gasteiger partial charge in [-0.25, -0.2) is 10.8 Å². The molecule has 0 saturated heterocycles. The molecule has 2 aromatic carbocycles. The summed E-state index contributed by atoms with van der Waals surface area (Å²) in [7, 11) is -3.43. The van der Waals surface area contributed by atoms with E-state index in [1.54, 1.807) is 0 Å². The number of nitrogens with zero attached hydrogens (tertiary/aromatic N) is 3. The fourth-order valence-electron chi connectivity index (χ4n) is 2.13. The van der Waals surface area contributed by atoms with Crippen molar-refractivity contribution < 1.29 is 32.7 Å². The number of rotatable bonds is 6. The molecule has 0 aliphatic heterocycles. The first-order valence-corrected chi connectivity index (χ1v) is 8.36. The third-order valence-electron chi connectivity index (χ3n) is 3.06. The summed E-state index contributed by atoms with van der Waals surface area (Å²) in [6.45, 7) is 0. The third kappa shape index (κ3) is 3.53. The van der Waals surface area contributed by atoms with Crippen LogP contribution in [-0.4, -0.2) is 30.4 Å². The van der Waals surface area contributed by atoms with Crippen molar-refractivity contribution in [2.45, 2.75) is 9.79 Å². The molecule has 0 spiro atoms. The van der Waals surface area contributed by atoms with E-state index in [9.17, 15) is 18.1 Å². The lowest BCUT2D eigenvalue weighted by atomic mass is 10.1. The topological polar surface area (TPSA) is 200 Å². The second-order valence-corrected chi connectivity index (χ2v) is 6.55. The molecule has 0 heterocycles. The molecule has 134 valence electrons. The molecule has 12 nitrogen and oxygen atoms in total. The van der Waals surface area contributed by atoms with Crippen molar-refractivity contribution in [3.05, 3.63) is 12.1 Å². The predicted octanol–water partition coefficient (Wildman–Crippen LogP) is 3.18. The maximum atomic E-state index is 11.5. The van der Waals surface area contributed by atoms with Gasteiger partial charge in [0.25, 0.3) is 10.1 Å². The van der Waals surface area contributed by atoms with Crippen molar-refractivity contribution in [1.82, 2.24) is 0 Å². The van der Waals surface area contributed by atoms with Crippen molar-refractivity contribution in [2.75, 3.05) is 12.8 Å². The van der Waals surface area contributed by atoms with Crippen LogP contribution in [0.2, 0.25) is 0 Å². The fourth-order valence-corrected chi connectivity index (χ4v) is 3.31. The van der Waals surface area contributed by atoms with E-state index < -0.39 is 26.5 Å². The Bertz CT molecular complexity index is 977. The first-order valence-electron chi connectivity index (χ1n) is 6.18. The lowest BCUT2D eigenvalue weighted by molar-refractivity contribution is -0.432. The summed E-state index contributed by atoms with van der Waals surface area (Å²) in [4.78, 5) is -0.632. The Kier molecular flexibility index (Phi) is 5.51. The van der Waals surface area contributed by atoms with Gasteiger partial charge >= 0.3 is 0 Å². The first-order chi connectivity index (χ1) is 11.8. The SMILES string of the molecule is CN=Nc1c(SOOO)cc2cc(S(=O)(=O)O)c(N=N)c(O)c2c1N. The Morgan fingerprint density at radius 2 is 2.00 bits per heavy atom. The summed E-state index contributed by atoms with van der Waals surface area (Å²) in [6.07, 6.45) is 0. The van der Waals surface area contributed by atoms with E-state index in [-0.39, 0.29) is 27.0 Å². The lowest BCUT2D eigenvalue weighted by Crippen LogP contribution is -2.00. The number of anilines is 1. The van der Waals surface area contributed by atoms with Crippen LogP contribution in [0.1, 0.15) is 0 Å². The van der Waals surface area contributed by atoms with Crippen LogP contribution in [0.4, 0.5) is 17.1 Å². The van der Waals surface area contributed by atoms with Crippen molar-refractivity contribution >= 4 is 50.0 Å². The maximum absolute atomic E-state index is 11.5. The molecule has 0 bridgehead atoms. The van der Waals surface area contributed by atoms with E-state index in [4.69, 9.17) is 16.5 Å². The number of nitrogens with two attached hydrogens (primary N) is 1. The van der Waals surface area contributed by atoms with Gasteiger partial charge in [0.05, 0.1) is 28.0 Å². The fraction of sp³-hybridized carbons (Fsp3) is 0.0909. The summed E-state index contributed by atoms with van der Waals surface area (Å²) >= 11 is 0.485. The van der Waals surface area contributed by atoms with Gasteiger partial charge in [-0.15, -0.1) is 4.33 Å². The van der Waals surface area contributed by atoms with Gasteiger partial charge in [-0.05, 0) is 17.5 Å². The zero-order valence-electron chi connectivity index (χ0n) is 12.4. The molecule has 0 amide bonds. The molecular formula is C11H11N5O7S2. The molecule has 0 unspecified atom stereocenters. The van der Waals surface area contributed by atoms with Gasteiger partial charge < -0.3 is 10.8 Å². The van der Waals surface area contributed by atoms with Crippen LogP contribution < -0.4 is 5.73 Å².